The van der Waals surface area contributed by atoms with Gasteiger partial charge in [0, 0.05) is 12.8 Å². The van der Waals surface area contributed by atoms with Crippen LogP contribution in [0.2, 0.25) is 0 Å². The number of nitrogens with one attached hydrogen (secondary N) is 1. The molecule has 15 heavy (non-hydrogen) atoms. The molecule has 1 aromatic rings. The third kappa shape index (κ3) is 4.08. The molecule has 0 aliphatic rings. The summed E-state index contributed by atoms with van der Waals surface area (Å²) in [6.07, 6.45) is -0.0987. The minimum Gasteiger partial charge on any atom is -0.324 e. The lowest BCUT2D eigenvalue weighted by Gasteiger charge is -2.04. The highest BCUT2D eigenvalue weighted by Gasteiger charge is 2.07. The summed E-state index contributed by atoms with van der Waals surface area (Å²) in [6.45, 7) is 0. The molecule has 0 saturated heterocycles. The van der Waals surface area contributed by atoms with Gasteiger partial charge in [-0.1, -0.05) is 12.1 Å². The Labute approximate surface area is 91.2 Å². The highest BCUT2D eigenvalue weighted by Crippen LogP contribution is 2.12. The first-order valence-corrected chi connectivity index (χ1v) is 4.70. The molecular weight excluding hydrogens is 221 g/mol. The third-order valence-corrected chi connectivity index (χ3v) is 1.89. The number of rotatable bonds is 4. The van der Waals surface area contributed by atoms with Crippen LogP contribution in [0.4, 0.5) is 10.1 Å². The van der Waals surface area contributed by atoms with E-state index in [1.165, 1.54) is 18.2 Å². The Balaban J connectivity index is 2.52. The second-order valence-corrected chi connectivity index (χ2v) is 3.30. The first-order chi connectivity index (χ1) is 7.09. The second kappa shape index (κ2) is 5.46. The lowest BCUT2D eigenvalue weighted by Crippen LogP contribution is -2.13. The van der Waals surface area contributed by atoms with E-state index >= 15 is 0 Å². The summed E-state index contributed by atoms with van der Waals surface area (Å²) < 4.78 is 13.0. The first kappa shape index (κ1) is 11.7. The van der Waals surface area contributed by atoms with Gasteiger partial charge in [-0.3, -0.25) is 9.59 Å². The number of hydrogen-bond acceptors (Lipinski definition) is 2. The van der Waals surface area contributed by atoms with Crippen LogP contribution in [0.5, 0.6) is 0 Å². The molecule has 80 valence electrons. The van der Waals surface area contributed by atoms with Gasteiger partial charge in [-0.2, -0.15) is 0 Å². The van der Waals surface area contributed by atoms with E-state index in [0.29, 0.717) is 0 Å². The molecule has 1 amide bonds. The van der Waals surface area contributed by atoms with Crippen molar-refractivity contribution in [3.05, 3.63) is 30.1 Å². The van der Waals surface area contributed by atoms with Crippen LogP contribution in [0.15, 0.2) is 24.3 Å². The molecule has 0 heterocycles. The largest absolute Gasteiger partial charge is 0.324 e. The number of anilines is 1. The van der Waals surface area contributed by atoms with Gasteiger partial charge < -0.3 is 5.32 Å². The van der Waals surface area contributed by atoms with Crippen molar-refractivity contribution < 1.29 is 14.0 Å². The van der Waals surface area contributed by atoms with Gasteiger partial charge in [0.25, 0.3) is 0 Å². The van der Waals surface area contributed by atoms with Crippen LogP contribution in [-0.4, -0.2) is 11.1 Å². The van der Waals surface area contributed by atoms with Crippen molar-refractivity contribution in [3.8, 4) is 0 Å². The lowest BCUT2D eigenvalue weighted by atomic mass is 10.2. The molecule has 0 fully saturated rings. The van der Waals surface area contributed by atoms with Crippen LogP contribution in [0.25, 0.3) is 0 Å². The maximum atomic E-state index is 13.0. The quantitative estimate of drug-likeness (QED) is 0.806. The zero-order valence-corrected chi connectivity index (χ0v) is 8.55. The Morgan fingerprint density at radius 3 is 2.53 bits per heavy atom. The van der Waals surface area contributed by atoms with Gasteiger partial charge in [0.15, 0.2) is 0 Å². The van der Waals surface area contributed by atoms with E-state index in [-0.39, 0.29) is 18.5 Å². The predicted octanol–water partition coefficient (Wildman–Crippen LogP) is 2.31. The molecule has 0 spiro atoms. The first-order valence-electron chi connectivity index (χ1n) is 4.32. The summed E-state index contributed by atoms with van der Waals surface area (Å²) in [5, 5.41) is 1.76. The van der Waals surface area contributed by atoms with E-state index in [0.717, 1.165) is 0 Å². The monoisotopic (exact) mass is 229 g/mol. The van der Waals surface area contributed by atoms with Crippen molar-refractivity contribution in [2.45, 2.75) is 12.8 Å². The van der Waals surface area contributed by atoms with E-state index in [1.54, 1.807) is 6.07 Å². The number of halogens is 2. The van der Waals surface area contributed by atoms with Crippen molar-refractivity contribution in [1.29, 1.82) is 0 Å². The maximum Gasteiger partial charge on any atom is 0.224 e. The van der Waals surface area contributed by atoms with Crippen molar-refractivity contribution in [2.24, 2.45) is 0 Å². The number of para-hydroxylation sites is 1. The summed E-state index contributed by atoms with van der Waals surface area (Å²) in [6, 6.07) is 5.80. The van der Waals surface area contributed by atoms with Crippen LogP contribution >= 0.6 is 11.6 Å². The van der Waals surface area contributed by atoms with Crippen LogP contribution in [0.3, 0.4) is 0 Å². The molecule has 1 N–H and O–H groups in total. The third-order valence-electron chi connectivity index (χ3n) is 1.70. The van der Waals surface area contributed by atoms with Crippen LogP contribution in [-0.2, 0) is 9.59 Å². The standard InChI is InChI=1S/C10H9ClFNO2/c11-9(14)5-6-10(15)13-8-4-2-1-3-7(8)12/h1-4H,5-6H2,(H,13,15). The number of benzene rings is 1. The van der Waals surface area contributed by atoms with E-state index in [4.69, 9.17) is 11.6 Å². The fourth-order valence-electron chi connectivity index (χ4n) is 0.987. The topological polar surface area (TPSA) is 46.2 Å². The van der Waals surface area contributed by atoms with Crippen molar-refractivity contribution in [1.82, 2.24) is 0 Å². The SMILES string of the molecule is O=C(Cl)CCC(=O)Nc1ccccc1F. The lowest BCUT2D eigenvalue weighted by molar-refractivity contribution is -0.119. The Bertz CT molecular complexity index is 381. The number of amides is 1. The molecule has 0 aliphatic heterocycles. The number of carbonyl (C=O) groups is 2. The molecule has 0 atom stereocenters. The summed E-state index contributed by atoms with van der Waals surface area (Å²) in [7, 11) is 0. The van der Waals surface area contributed by atoms with Crippen LogP contribution < -0.4 is 5.32 Å². The van der Waals surface area contributed by atoms with Gasteiger partial charge >= 0.3 is 0 Å². The van der Waals surface area contributed by atoms with Gasteiger partial charge in [-0.05, 0) is 23.7 Å². The van der Waals surface area contributed by atoms with E-state index < -0.39 is 17.0 Å². The van der Waals surface area contributed by atoms with Gasteiger partial charge in [0.05, 0.1) is 5.69 Å². The summed E-state index contributed by atoms with van der Waals surface area (Å²) in [5.74, 6) is -0.947. The van der Waals surface area contributed by atoms with Crippen LogP contribution in [0, 0.1) is 5.82 Å². The smallest absolute Gasteiger partial charge is 0.224 e. The molecule has 0 radical (unpaired) electrons. The maximum absolute atomic E-state index is 13.0. The highest BCUT2D eigenvalue weighted by atomic mass is 35.5. The Hall–Kier alpha value is -1.42. The number of hydrogen-bond donors (Lipinski definition) is 1. The van der Waals surface area contributed by atoms with Crippen molar-refractivity contribution >= 4 is 28.4 Å². The van der Waals surface area contributed by atoms with Gasteiger partial charge in [0.1, 0.15) is 5.82 Å². The normalized spacial score (nSPS) is 9.73. The van der Waals surface area contributed by atoms with E-state index in [2.05, 4.69) is 5.32 Å². The predicted molar refractivity (Wildman–Crippen MR) is 55.1 cm³/mol. The zero-order valence-electron chi connectivity index (χ0n) is 7.80. The Morgan fingerprint density at radius 1 is 1.27 bits per heavy atom. The van der Waals surface area contributed by atoms with E-state index in [9.17, 15) is 14.0 Å². The highest BCUT2D eigenvalue weighted by molar-refractivity contribution is 6.63. The fourth-order valence-corrected chi connectivity index (χ4v) is 1.08. The summed E-state index contributed by atoms with van der Waals surface area (Å²) in [4.78, 5) is 21.6. The second-order valence-electron chi connectivity index (χ2n) is 2.88. The number of carbonyl (C=O) groups excluding carboxylic acids is 2. The minimum absolute atomic E-state index is 0.0450. The molecule has 0 aromatic heterocycles. The molecule has 0 saturated carbocycles. The molecule has 5 heteroatoms. The minimum atomic E-state index is -0.585. The Kier molecular flexibility index (Phi) is 4.24. The van der Waals surface area contributed by atoms with Gasteiger partial charge in [-0.15, -0.1) is 0 Å². The molecule has 3 nitrogen and oxygen atoms in total. The average Bonchev–Trinajstić information content (AvgIpc) is 2.18. The van der Waals surface area contributed by atoms with Gasteiger partial charge in [-0.25, -0.2) is 4.39 Å². The summed E-state index contributed by atoms with van der Waals surface area (Å²) in [5.41, 5.74) is 0.101. The van der Waals surface area contributed by atoms with Crippen molar-refractivity contribution in [2.75, 3.05) is 5.32 Å². The Morgan fingerprint density at radius 2 is 1.93 bits per heavy atom. The van der Waals surface area contributed by atoms with Crippen molar-refractivity contribution in [3.63, 3.8) is 0 Å². The van der Waals surface area contributed by atoms with E-state index in [1.807, 2.05) is 0 Å². The average molecular weight is 230 g/mol. The molecule has 1 rings (SSSR count). The molecule has 0 bridgehead atoms. The van der Waals surface area contributed by atoms with Crippen LogP contribution in [0.1, 0.15) is 12.8 Å². The fraction of sp³-hybridized carbons (Fsp3) is 0.200. The molecular formula is C10H9ClFNO2. The molecule has 0 unspecified atom stereocenters. The molecule has 0 aliphatic carbocycles. The summed E-state index contributed by atoms with van der Waals surface area (Å²) >= 11 is 5.06. The van der Waals surface area contributed by atoms with Gasteiger partial charge in [0.2, 0.25) is 11.1 Å². The molecule has 1 aromatic carbocycles. The zero-order chi connectivity index (χ0) is 11.3.